The van der Waals surface area contributed by atoms with Gasteiger partial charge in [-0.05, 0) is 60.3 Å². The van der Waals surface area contributed by atoms with E-state index >= 15 is 0 Å². The minimum absolute atomic E-state index is 0.160. The monoisotopic (exact) mass is 536 g/mol. The fourth-order valence-electron chi connectivity index (χ4n) is 4.21. The van der Waals surface area contributed by atoms with Crippen LogP contribution in [0.3, 0.4) is 0 Å². The van der Waals surface area contributed by atoms with Crippen LogP contribution in [0.2, 0.25) is 0 Å². The van der Waals surface area contributed by atoms with Crippen molar-refractivity contribution >= 4 is 34.6 Å². The molecule has 5 aromatic rings. The van der Waals surface area contributed by atoms with Gasteiger partial charge in [-0.2, -0.15) is 9.78 Å². The van der Waals surface area contributed by atoms with Crippen LogP contribution in [0, 0.1) is 6.92 Å². The third kappa shape index (κ3) is 5.61. The number of ether oxygens (including phenoxy) is 1. The molecule has 0 aliphatic heterocycles. The first-order chi connectivity index (χ1) is 18.8. The third-order valence-electron chi connectivity index (χ3n) is 6.17. The molecule has 1 N–H and O–H groups in total. The molecule has 2 heterocycles. The lowest BCUT2D eigenvalue weighted by molar-refractivity contribution is -0.132. The molecule has 3 aromatic carbocycles. The molecule has 0 fully saturated rings. The van der Waals surface area contributed by atoms with Crippen molar-refractivity contribution in [2.24, 2.45) is 0 Å². The number of carbonyl (C=O) groups is 2. The Morgan fingerprint density at radius 2 is 1.67 bits per heavy atom. The van der Waals surface area contributed by atoms with Crippen molar-refractivity contribution in [3.8, 4) is 34.0 Å². The van der Waals surface area contributed by atoms with Crippen molar-refractivity contribution in [2.75, 3.05) is 24.3 Å². The lowest BCUT2D eigenvalue weighted by Gasteiger charge is -2.13. The summed E-state index contributed by atoms with van der Waals surface area (Å²) in [5, 5.41) is 9.77. The summed E-state index contributed by atoms with van der Waals surface area (Å²) in [4.78, 5) is 27.5. The van der Waals surface area contributed by atoms with E-state index in [-0.39, 0.29) is 5.91 Å². The van der Waals surface area contributed by atoms with Gasteiger partial charge in [0.05, 0.1) is 16.1 Å². The minimum atomic E-state index is -0.446. The van der Waals surface area contributed by atoms with Gasteiger partial charge in [0.1, 0.15) is 5.69 Å². The fourth-order valence-corrected chi connectivity index (χ4v) is 4.83. The second kappa shape index (κ2) is 11.0. The Morgan fingerprint density at radius 3 is 2.31 bits per heavy atom. The minimum Gasteiger partial charge on any atom is -0.407 e. The van der Waals surface area contributed by atoms with Crippen LogP contribution in [0.25, 0.3) is 28.1 Å². The molecule has 0 bridgehead atoms. The van der Waals surface area contributed by atoms with Gasteiger partial charge in [0.2, 0.25) is 5.88 Å². The predicted octanol–water partition coefficient (Wildman–Crippen LogP) is 6.82. The number of anilines is 2. The zero-order valence-corrected chi connectivity index (χ0v) is 23.0. The van der Waals surface area contributed by atoms with E-state index in [1.54, 1.807) is 10.7 Å². The van der Waals surface area contributed by atoms with Crippen molar-refractivity contribution < 1.29 is 14.3 Å². The summed E-state index contributed by atoms with van der Waals surface area (Å²) < 4.78 is 7.49. The Bertz CT molecular complexity index is 1620. The molecule has 0 aliphatic rings. The molecular formula is C31H28N4O3S. The van der Waals surface area contributed by atoms with Crippen molar-refractivity contribution in [1.29, 1.82) is 0 Å². The first kappa shape index (κ1) is 25.9. The Hall–Kier alpha value is -4.69. The third-order valence-corrected chi connectivity index (χ3v) is 7.04. The van der Waals surface area contributed by atoms with E-state index in [9.17, 15) is 9.59 Å². The van der Waals surface area contributed by atoms with Gasteiger partial charge < -0.3 is 15.0 Å². The van der Waals surface area contributed by atoms with Crippen LogP contribution >= 0.6 is 11.3 Å². The van der Waals surface area contributed by atoms with E-state index < -0.39 is 5.97 Å². The Kier molecular flexibility index (Phi) is 7.29. The molecule has 196 valence electrons. The lowest BCUT2D eigenvalue weighted by Crippen LogP contribution is -2.10. The smallest absolute Gasteiger partial charge is 0.309 e. The van der Waals surface area contributed by atoms with Crippen molar-refractivity contribution in [3.63, 3.8) is 0 Å². The van der Waals surface area contributed by atoms with Gasteiger partial charge in [0, 0.05) is 38.0 Å². The summed E-state index contributed by atoms with van der Waals surface area (Å²) >= 11 is 1.39. The second-order valence-corrected chi connectivity index (χ2v) is 10.3. The van der Waals surface area contributed by atoms with E-state index in [4.69, 9.17) is 9.84 Å². The van der Waals surface area contributed by atoms with Gasteiger partial charge in [-0.1, -0.05) is 48.0 Å². The van der Waals surface area contributed by atoms with Crippen molar-refractivity contribution in [3.05, 3.63) is 101 Å². The van der Waals surface area contributed by atoms with Gasteiger partial charge in [-0.3, -0.25) is 9.59 Å². The van der Waals surface area contributed by atoms with Crippen molar-refractivity contribution in [2.45, 2.75) is 13.8 Å². The number of carbonyl (C=O) groups excluding carboxylic acids is 2. The summed E-state index contributed by atoms with van der Waals surface area (Å²) in [6.07, 6.45) is 0. The second-order valence-electron chi connectivity index (χ2n) is 9.32. The summed E-state index contributed by atoms with van der Waals surface area (Å²) in [6, 6.07) is 27.0. The topological polar surface area (TPSA) is 76.5 Å². The van der Waals surface area contributed by atoms with Crippen LogP contribution in [-0.4, -0.2) is 35.8 Å². The predicted molar refractivity (Wildman–Crippen MR) is 157 cm³/mol. The van der Waals surface area contributed by atoms with Gasteiger partial charge in [-0.25, -0.2) is 0 Å². The van der Waals surface area contributed by atoms with Crippen LogP contribution in [-0.2, 0) is 4.79 Å². The number of rotatable bonds is 7. The maximum atomic E-state index is 12.5. The van der Waals surface area contributed by atoms with E-state index in [0.29, 0.717) is 27.7 Å². The van der Waals surface area contributed by atoms with E-state index in [1.165, 1.54) is 18.3 Å². The number of aromatic nitrogens is 2. The maximum absolute atomic E-state index is 12.5. The molecule has 1 amide bonds. The zero-order chi connectivity index (χ0) is 27.5. The molecule has 7 nitrogen and oxygen atoms in total. The van der Waals surface area contributed by atoms with Crippen LogP contribution in [0.15, 0.2) is 90.3 Å². The summed E-state index contributed by atoms with van der Waals surface area (Å²) in [5.41, 5.74) is 6.59. The lowest BCUT2D eigenvalue weighted by atomic mass is 10.0. The fraction of sp³-hybridized carbons (Fsp3) is 0.129. The normalized spacial score (nSPS) is 10.8. The van der Waals surface area contributed by atoms with E-state index in [0.717, 1.165) is 28.1 Å². The summed E-state index contributed by atoms with van der Waals surface area (Å²) in [5.74, 6) is -0.281. The SMILES string of the molecule is CC(=O)Oc1c(-c2ccc(NC(=O)c3cccs3)cc2)c(-c2cccc(N(C)C)c2)nn1-c1ccc(C)cc1. The maximum Gasteiger partial charge on any atom is 0.309 e. The first-order valence-electron chi connectivity index (χ1n) is 12.4. The summed E-state index contributed by atoms with van der Waals surface area (Å²) in [7, 11) is 3.97. The number of nitrogens with zero attached hydrogens (tertiary/aromatic N) is 3. The molecular weight excluding hydrogens is 508 g/mol. The number of hydrogen-bond donors (Lipinski definition) is 1. The number of esters is 1. The van der Waals surface area contributed by atoms with Crippen LogP contribution in [0.1, 0.15) is 22.2 Å². The molecule has 0 unspecified atom stereocenters. The molecule has 0 saturated carbocycles. The molecule has 2 aromatic heterocycles. The number of nitrogens with one attached hydrogen (secondary N) is 1. The summed E-state index contributed by atoms with van der Waals surface area (Å²) in [6.45, 7) is 3.40. The molecule has 5 rings (SSSR count). The Labute approximate surface area is 231 Å². The highest BCUT2D eigenvalue weighted by atomic mass is 32.1. The van der Waals surface area contributed by atoms with E-state index in [1.807, 2.05) is 104 Å². The highest BCUT2D eigenvalue weighted by Crippen LogP contribution is 2.42. The quantitative estimate of drug-likeness (QED) is 0.231. The number of aryl methyl sites for hydroxylation is 1. The number of thiophene rings is 1. The molecule has 8 heteroatoms. The van der Waals surface area contributed by atoms with Gasteiger partial charge in [-0.15, -0.1) is 11.3 Å². The highest BCUT2D eigenvalue weighted by Gasteiger charge is 2.25. The molecule has 0 saturated heterocycles. The van der Waals surface area contributed by atoms with Gasteiger partial charge in [0.25, 0.3) is 5.91 Å². The largest absolute Gasteiger partial charge is 0.407 e. The molecule has 39 heavy (non-hydrogen) atoms. The standard InChI is InChI=1S/C31H28N4O3S/c1-20-10-16-25(17-11-20)35-31(38-21(2)36)28(29(33-35)23-7-5-8-26(19-23)34(3)4)22-12-14-24(15-13-22)32-30(37)27-9-6-18-39-27/h5-19H,1-4H3,(H,32,37). The Balaban J connectivity index is 1.65. The van der Waals surface area contributed by atoms with E-state index in [2.05, 4.69) is 11.4 Å². The molecule has 0 radical (unpaired) electrons. The highest BCUT2D eigenvalue weighted by molar-refractivity contribution is 7.12. The average Bonchev–Trinajstić information content (AvgIpc) is 3.59. The number of hydrogen-bond acceptors (Lipinski definition) is 6. The average molecular weight is 537 g/mol. The van der Waals surface area contributed by atoms with Gasteiger partial charge >= 0.3 is 5.97 Å². The molecule has 0 aliphatic carbocycles. The van der Waals surface area contributed by atoms with Gasteiger partial charge in [0.15, 0.2) is 0 Å². The molecule has 0 atom stereocenters. The zero-order valence-electron chi connectivity index (χ0n) is 22.1. The van der Waals surface area contributed by atoms with Crippen LogP contribution in [0.4, 0.5) is 11.4 Å². The van der Waals surface area contributed by atoms with Crippen LogP contribution in [0.5, 0.6) is 5.88 Å². The number of benzene rings is 3. The molecule has 0 spiro atoms. The Morgan fingerprint density at radius 1 is 0.923 bits per heavy atom. The van der Waals surface area contributed by atoms with Crippen molar-refractivity contribution in [1.82, 2.24) is 9.78 Å². The van der Waals surface area contributed by atoms with Crippen LogP contribution < -0.4 is 15.0 Å². The number of amides is 1. The first-order valence-corrected chi connectivity index (χ1v) is 13.3.